The number of nitrogens with one attached hydrogen (secondary N) is 1. The van der Waals surface area contributed by atoms with Gasteiger partial charge in [0, 0.05) is 32.5 Å². The first-order chi connectivity index (χ1) is 7.33. The zero-order chi connectivity index (χ0) is 10.9. The van der Waals surface area contributed by atoms with E-state index in [0.717, 1.165) is 12.8 Å². The third-order valence-electron chi connectivity index (χ3n) is 1.83. The molecule has 0 radical (unpaired) electrons. The minimum Gasteiger partial charge on any atom is -0.385 e. The molecule has 0 unspecified atom stereocenters. The number of hydrogen-bond donors (Lipinski definition) is 1. The van der Waals surface area contributed by atoms with Crippen molar-refractivity contribution in [2.75, 3.05) is 19.0 Å². The van der Waals surface area contributed by atoms with E-state index in [-0.39, 0.29) is 5.91 Å². The van der Waals surface area contributed by atoms with E-state index >= 15 is 0 Å². The lowest BCUT2D eigenvalue weighted by Gasteiger charge is -2.02. The monoisotopic (exact) mass is 209 g/mol. The van der Waals surface area contributed by atoms with Crippen LogP contribution in [0, 0.1) is 0 Å². The molecule has 0 spiro atoms. The average molecular weight is 209 g/mol. The maximum Gasteiger partial charge on any atom is 0.225 e. The predicted molar refractivity (Wildman–Crippen MR) is 56.4 cm³/mol. The van der Waals surface area contributed by atoms with Gasteiger partial charge < -0.3 is 10.1 Å². The van der Waals surface area contributed by atoms with Crippen molar-refractivity contribution in [1.82, 2.24) is 9.97 Å². The maximum absolute atomic E-state index is 11.4. The number of methoxy groups -OCH3 is 1. The van der Waals surface area contributed by atoms with Gasteiger partial charge in [0.15, 0.2) is 5.82 Å². The van der Waals surface area contributed by atoms with E-state index in [9.17, 15) is 4.79 Å². The van der Waals surface area contributed by atoms with Crippen LogP contribution < -0.4 is 5.32 Å². The molecule has 0 atom stereocenters. The Morgan fingerprint density at radius 3 is 3.00 bits per heavy atom. The van der Waals surface area contributed by atoms with Crippen molar-refractivity contribution in [2.45, 2.75) is 19.3 Å². The van der Waals surface area contributed by atoms with Crippen LogP contribution in [0.5, 0.6) is 0 Å². The van der Waals surface area contributed by atoms with Crippen LogP contribution in [0.3, 0.4) is 0 Å². The molecule has 1 rings (SSSR count). The maximum atomic E-state index is 11.4. The number of rotatable bonds is 6. The van der Waals surface area contributed by atoms with Crippen molar-refractivity contribution in [3.63, 3.8) is 0 Å². The van der Waals surface area contributed by atoms with Crippen LogP contribution in [0.1, 0.15) is 19.3 Å². The molecule has 82 valence electrons. The number of nitrogens with zero attached hydrogens (tertiary/aromatic N) is 2. The minimum atomic E-state index is -0.0356. The normalized spacial score (nSPS) is 9.93. The highest BCUT2D eigenvalue weighted by Crippen LogP contribution is 2.01. The van der Waals surface area contributed by atoms with Crippen LogP contribution in [0.15, 0.2) is 18.6 Å². The molecule has 5 nitrogen and oxygen atoms in total. The topological polar surface area (TPSA) is 64.1 Å². The van der Waals surface area contributed by atoms with Crippen molar-refractivity contribution in [3.8, 4) is 0 Å². The number of amides is 1. The third kappa shape index (κ3) is 5.07. The second-order valence-electron chi connectivity index (χ2n) is 3.09. The van der Waals surface area contributed by atoms with Crippen molar-refractivity contribution >= 4 is 11.7 Å². The molecule has 0 aliphatic carbocycles. The zero-order valence-electron chi connectivity index (χ0n) is 8.77. The molecular formula is C10H15N3O2. The van der Waals surface area contributed by atoms with Crippen LogP contribution in [0.25, 0.3) is 0 Å². The number of carbonyl (C=O) groups is 1. The van der Waals surface area contributed by atoms with Gasteiger partial charge in [-0.1, -0.05) is 0 Å². The molecule has 0 aliphatic heterocycles. The van der Waals surface area contributed by atoms with Crippen molar-refractivity contribution < 1.29 is 9.53 Å². The molecule has 0 aromatic carbocycles. The molecule has 1 N–H and O–H groups in total. The van der Waals surface area contributed by atoms with Crippen LogP contribution in [-0.4, -0.2) is 29.6 Å². The van der Waals surface area contributed by atoms with Gasteiger partial charge in [0.25, 0.3) is 0 Å². The summed E-state index contributed by atoms with van der Waals surface area (Å²) >= 11 is 0. The molecule has 1 aromatic rings. The smallest absolute Gasteiger partial charge is 0.225 e. The number of anilines is 1. The molecule has 1 amide bonds. The summed E-state index contributed by atoms with van der Waals surface area (Å²) in [5.41, 5.74) is 0. The Morgan fingerprint density at radius 1 is 1.47 bits per heavy atom. The molecule has 0 saturated heterocycles. The summed E-state index contributed by atoms with van der Waals surface area (Å²) in [4.78, 5) is 19.2. The molecule has 1 aromatic heterocycles. The highest BCUT2D eigenvalue weighted by molar-refractivity contribution is 5.89. The van der Waals surface area contributed by atoms with E-state index in [2.05, 4.69) is 15.3 Å². The van der Waals surface area contributed by atoms with E-state index in [1.54, 1.807) is 19.5 Å². The van der Waals surface area contributed by atoms with Gasteiger partial charge in [0.1, 0.15) is 0 Å². The lowest BCUT2D eigenvalue weighted by Crippen LogP contribution is -2.12. The summed E-state index contributed by atoms with van der Waals surface area (Å²) < 4.78 is 4.89. The Kier molecular flexibility index (Phi) is 5.32. The van der Waals surface area contributed by atoms with Gasteiger partial charge in [-0.3, -0.25) is 9.78 Å². The van der Waals surface area contributed by atoms with E-state index in [1.807, 2.05) is 0 Å². The first kappa shape index (κ1) is 11.6. The zero-order valence-corrected chi connectivity index (χ0v) is 8.77. The predicted octanol–water partition coefficient (Wildman–Crippen LogP) is 1.23. The fourth-order valence-corrected chi connectivity index (χ4v) is 1.10. The third-order valence-corrected chi connectivity index (χ3v) is 1.83. The molecular weight excluding hydrogens is 194 g/mol. The molecule has 0 fully saturated rings. The Morgan fingerprint density at radius 2 is 2.33 bits per heavy atom. The first-order valence-corrected chi connectivity index (χ1v) is 4.87. The van der Waals surface area contributed by atoms with Crippen molar-refractivity contribution in [1.29, 1.82) is 0 Å². The lowest BCUT2D eigenvalue weighted by atomic mass is 10.2. The molecule has 15 heavy (non-hydrogen) atoms. The fourth-order valence-electron chi connectivity index (χ4n) is 1.10. The van der Waals surface area contributed by atoms with Crippen LogP contribution in [0.2, 0.25) is 0 Å². The Bertz CT molecular complexity index is 290. The largest absolute Gasteiger partial charge is 0.385 e. The highest BCUT2D eigenvalue weighted by Gasteiger charge is 2.02. The number of ether oxygens (including phenoxy) is 1. The van der Waals surface area contributed by atoms with Gasteiger partial charge in [0.05, 0.1) is 6.20 Å². The van der Waals surface area contributed by atoms with Crippen molar-refractivity contribution in [3.05, 3.63) is 18.6 Å². The summed E-state index contributed by atoms with van der Waals surface area (Å²) in [5, 5.41) is 2.67. The van der Waals surface area contributed by atoms with E-state index in [1.165, 1.54) is 6.20 Å². The summed E-state index contributed by atoms with van der Waals surface area (Å²) in [6.45, 7) is 0.693. The summed E-state index contributed by atoms with van der Waals surface area (Å²) in [6.07, 6.45) is 6.83. The molecule has 0 aliphatic rings. The summed E-state index contributed by atoms with van der Waals surface area (Å²) in [7, 11) is 1.65. The van der Waals surface area contributed by atoms with E-state index in [4.69, 9.17) is 4.74 Å². The SMILES string of the molecule is COCCCCC(=O)Nc1cnccn1. The Hall–Kier alpha value is -1.49. The molecule has 5 heteroatoms. The van der Waals surface area contributed by atoms with Gasteiger partial charge in [-0.05, 0) is 12.8 Å². The quantitative estimate of drug-likeness (QED) is 0.716. The standard InChI is InChI=1S/C10H15N3O2/c1-15-7-3-2-4-10(14)13-9-8-11-5-6-12-9/h5-6,8H,2-4,7H2,1H3,(H,12,13,14). The molecule has 0 saturated carbocycles. The average Bonchev–Trinajstić information content (AvgIpc) is 2.26. The van der Waals surface area contributed by atoms with Gasteiger partial charge in [0.2, 0.25) is 5.91 Å². The van der Waals surface area contributed by atoms with Crippen molar-refractivity contribution in [2.24, 2.45) is 0 Å². The van der Waals surface area contributed by atoms with Gasteiger partial charge in [-0.2, -0.15) is 0 Å². The number of unbranched alkanes of at least 4 members (excludes halogenated alkanes) is 1. The number of hydrogen-bond acceptors (Lipinski definition) is 4. The minimum absolute atomic E-state index is 0.0356. The summed E-state index contributed by atoms with van der Waals surface area (Å²) in [6, 6.07) is 0. The molecule has 0 bridgehead atoms. The number of aromatic nitrogens is 2. The van der Waals surface area contributed by atoms with E-state index < -0.39 is 0 Å². The Balaban J connectivity index is 2.19. The van der Waals surface area contributed by atoms with Crippen LogP contribution >= 0.6 is 0 Å². The van der Waals surface area contributed by atoms with Gasteiger partial charge in [-0.25, -0.2) is 4.98 Å². The lowest BCUT2D eigenvalue weighted by molar-refractivity contribution is -0.116. The summed E-state index contributed by atoms with van der Waals surface area (Å²) in [5.74, 6) is 0.459. The Labute approximate surface area is 88.9 Å². The van der Waals surface area contributed by atoms with Crippen LogP contribution in [0.4, 0.5) is 5.82 Å². The fraction of sp³-hybridized carbons (Fsp3) is 0.500. The highest BCUT2D eigenvalue weighted by atomic mass is 16.5. The number of carbonyl (C=O) groups excluding carboxylic acids is 1. The van der Waals surface area contributed by atoms with Gasteiger partial charge in [-0.15, -0.1) is 0 Å². The second-order valence-corrected chi connectivity index (χ2v) is 3.09. The van der Waals surface area contributed by atoms with E-state index in [0.29, 0.717) is 18.8 Å². The second kappa shape index (κ2) is 6.89. The van der Waals surface area contributed by atoms with Gasteiger partial charge >= 0.3 is 0 Å². The first-order valence-electron chi connectivity index (χ1n) is 4.87. The molecule has 1 heterocycles. The van der Waals surface area contributed by atoms with Crippen LogP contribution in [-0.2, 0) is 9.53 Å².